The van der Waals surface area contributed by atoms with Crippen LogP contribution >= 0.6 is 0 Å². The molecule has 8 heteroatoms. The Bertz CT molecular complexity index is 522. The number of aromatic nitrogens is 2. The molecule has 1 heterocycles. The first-order chi connectivity index (χ1) is 8.73. The van der Waals surface area contributed by atoms with Gasteiger partial charge in [0.1, 0.15) is 0 Å². The van der Waals surface area contributed by atoms with Gasteiger partial charge < -0.3 is 10.5 Å². The Morgan fingerprint density at radius 3 is 2.63 bits per heavy atom. The highest BCUT2D eigenvalue weighted by atomic mass is 32.2. The van der Waals surface area contributed by atoms with Gasteiger partial charge in [-0.3, -0.25) is 5.10 Å². The molecule has 0 aliphatic heterocycles. The number of aryl methyl sites for hydroxylation is 1. The van der Waals surface area contributed by atoms with Gasteiger partial charge in [-0.2, -0.15) is 5.10 Å². The Hall–Kier alpha value is -0.960. The van der Waals surface area contributed by atoms with Gasteiger partial charge in [-0.05, 0) is 27.7 Å². The summed E-state index contributed by atoms with van der Waals surface area (Å²) in [5.74, 6) is 0. The van der Waals surface area contributed by atoms with E-state index in [0.29, 0.717) is 17.9 Å². The van der Waals surface area contributed by atoms with Crippen LogP contribution in [-0.4, -0.2) is 37.4 Å². The maximum atomic E-state index is 12.2. The molecule has 0 fully saturated rings. The first-order valence-electron chi connectivity index (χ1n) is 6.11. The molecule has 0 amide bonds. The maximum Gasteiger partial charge on any atom is 0.260 e. The molecule has 0 aliphatic rings. The number of hydrogen-bond donors (Lipinski definition) is 3. The average Bonchev–Trinajstić information content (AvgIpc) is 2.69. The molecule has 0 saturated heterocycles. The van der Waals surface area contributed by atoms with E-state index in [9.17, 15) is 8.42 Å². The fourth-order valence-corrected chi connectivity index (χ4v) is 3.07. The minimum atomic E-state index is -3.69. The van der Waals surface area contributed by atoms with Crippen molar-refractivity contribution in [3.05, 3.63) is 11.3 Å². The molecule has 0 unspecified atom stereocenters. The van der Waals surface area contributed by atoms with Crippen LogP contribution in [0.25, 0.3) is 0 Å². The Labute approximate surface area is 114 Å². The molecule has 0 aliphatic carbocycles. The third-order valence-electron chi connectivity index (χ3n) is 2.72. The van der Waals surface area contributed by atoms with Gasteiger partial charge in [-0.25, -0.2) is 13.1 Å². The Kier molecular flexibility index (Phi) is 5.08. The number of nitrogens with two attached hydrogens (primary N) is 1. The topological polar surface area (TPSA) is 110 Å². The van der Waals surface area contributed by atoms with Crippen LogP contribution in [0, 0.1) is 6.92 Å². The highest BCUT2D eigenvalue weighted by Crippen LogP contribution is 2.16. The fourth-order valence-electron chi connectivity index (χ4n) is 1.67. The molecule has 0 aromatic carbocycles. The van der Waals surface area contributed by atoms with Crippen molar-refractivity contribution in [2.45, 2.75) is 44.9 Å². The van der Waals surface area contributed by atoms with Crippen LogP contribution < -0.4 is 10.5 Å². The van der Waals surface area contributed by atoms with Crippen LogP contribution in [0.1, 0.15) is 32.0 Å². The van der Waals surface area contributed by atoms with E-state index in [-0.39, 0.29) is 18.1 Å². The Morgan fingerprint density at radius 2 is 2.11 bits per heavy atom. The first kappa shape index (κ1) is 16.1. The van der Waals surface area contributed by atoms with Crippen LogP contribution in [0.2, 0.25) is 0 Å². The molecule has 0 bridgehead atoms. The minimum Gasteiger partial charge on any atom is -0.375 e. The summed E-state index contributed by atoms with van der Waals surface area (Å²) in [5, 5.41) is 6.40. The van der Waals surface area contributed by atoms with Gasteiger partial charge in [-0.1, -0.05) is 0 Å². The molecule has 0 atom stereocenters. The monoisotopic (exact) mass is 290 g/mol. The van der Waals surface area contributed by atoms with Gasteiger partial charge in [0, 0.05) is 31.0 Å². The van der Waals surface area contributed by atoms with Crippen molar-refractivity contribution in [2.24, 2.45) is 5.73 Å². The van der Waals surface area contributed by atoms with Crippen molar-refractivity contribution in [3.8, 4) is 0 Å². The lowest BCUT2D eigenvalue weighted by Gasteiger charge is -2.24. The molecule has 1 rings (SSSR count). The number of nitrogens with one attached hydrogen (secondary N) is 2. The summed E-state index contributed by atoms with van der Waals surface area (Å²) in [6.07, 6.45) is 0. The zero-order valence-corrected chi connectivity index (χ0v) is 12.6. The SMILES string of the molecule is CCOC(C)(C)CNS(=O)(=O)c1n[nH]c(C)c1CN. The molecule has 4 N–H and O–H groups in total. The molecule has 19 heavy (non-hydrogen) atoms. The quantitative estimate of drug-likeness (QED) is 0.667. The number of ether oxygens (including phenoxy) is 1. The highest BCUT2D eigenvalue weighted by Gasteiger charge is 2.26. The van der Waals surface area contributed by atoms with Crippen LogP contribution in [0.4, 0.5) is 0 Å². The number of aromatic amines is 1. The molecule has 1 aromatic heterocycles. The summed E-state index contributed by atoms with van der Waals surface area (Å²) >= 11 is 0. The minimum absolute atomic E-state index is 0.0419. The number of hydrogen-bond acceptors (Lipinski definition) is 5. The Morgan fingerprint density at radius 1 is 1.47 bits per heavy atom. The van der Waals surface area contributed by atoms with Gasteiger partial charge in [0.05, 0.1) is 5.60 Å². The van der Waals surface area contributed by atoms with Crippen molar-refractivity contribution in [3.63, 3.8) is 0 Å². The normalized spacial score (nSPS) is 12.9. The van der Waals surface area contributed by atoms with E-state index >= 15 is 0 Å². The van der Waals surface area contributed by atoms with Crippen LogP contribution in [0.15, 0.2) is 5.03 Å². The summed E-state index contributed by atoms with van der Waals surface area (Å²) in [6.45, 7) is 8.03. The van der Waals surface area contributed by atoms with Gasteiger partial charge >= 0.3 is 0 Å². The van der Waals surface area contributed by atoms with E-state index in [1.165, 1.54) is 0 Å². The van der Waals surface area contributed by atoms with E-state index < -0.39 is 15.6 Å². The summed E-state index contributed by atoms with van der Waals surface area (Å²) in [4.78, 5) is 0. The Balaban J connectivity index is 2.87. The second-order valence-corrected chi connectivity index (χ2v) is 6.54. The van der Waals surface area contributed by atoms with E-state index in [1.807, 2.05) is 20.8 Å². The van der Waals surface area contributed by atoms with E-state index in [4.69, 9.17) is 10.5 Å². The molecule has 0 radical (unpaired) electrons. The zero-order chi connectivity index (χ0) is 14.7. The number of sulfonamides is 1. The standard InChI is InChI=1S/C11H22N4O3S/c1-5-18-11(3,4)7-13-19(16,17)10-9(6-12)8(2)14-15-10/h13H,5-7,12H2,1-4H3,(H,14,15). The third-order valence-corrected chi connectivity index (χ3v) is 4.09. The smallest absolute Gasteiger partial charge is 0.260 e. The van der Waals surface area contributed by atoms with Crippen molar-refractivity contribution >= 4 is 10.0 Å². The lowest BCUT2D eigenvalue weighted by atomic mass is 10.1. The molecule has 110 valence electrons. The molecular formula is C11H22N4O3S. The lowest BCUT2D eigenvalue weighted by Crippen LogP contribution is -2.40. The summed E-state index contributed by atoms with van der Waals surface area (Å²) < 4.78 is 32.3. The summed E-state index contributed by atoms with van der Waals surface area (Å²) in [7, 11) is -3.69. The van der Waals surface area contributed by atoms with Crippen LogP contribution in [0.5, 0.6) is 0 Å². The molecule has 1 aromatic rings. The van der Waals surface area contributed by atoms with E-state index in [2.05, 4.69) is 14.9 Å². The molecule has 0 saturated carbocycles. The van der Waals surface area contributed by atoms with E-state index in [1.54, 1.807) is 6.92 Å². The van der Waals surface area contributed by atoms with Crippen molar-refractivity contribution in [2.75, 3.05) is 13.2 Å². The second-order valence-electron chi connectivity index (χ2n) is 4.85. The highest BCUT2D eigenvalue weighted by molar-refractivity contribution is 7.89. The van der Waals surface area contributed by atoms with Crippen LogP contribution in [-0.2, 0) is 21.3 Å². The van der Waals surface area contributed by atoms with Crippen molar-refractivity contribution in [1.82, 2.24) is 14.9 Å². The number of rotatable bonds is 7. The maximum absolute atomic E-state index is 12.2. The predicted octanol–water partition coefficient (Wildman–Crippen LogP) is 0.270. The van der Waals surface area contributed by atoms with Gasteiger partial charge in [0.25, 0.3) is 10.0 Å². The predicted molar refractivity (Wildman–Crippen MR) is 72.1 cm³/mol. The van der Waals surface area contributed by atoms with E-state index in [0.717, 1.165) is 0 Å². The van der Waals surface area contributed by atoms with Gasteiger partial charge in [-0.15, -0.1) is 0 Å². The number of H-pyrrole nitrogens is 1. The van der Waals surface area contributed by atoms with Crippen LogP contribution in [0.3, 0.4) is 0 Å². The average molecular weight is 290 g/mol. The third kappa shape index (κ3) is 4.00. The summed E-state index contributed by atoms with van der Waals surface area (Å²) in [5.41, 5.74) is 6.13. The van der Waals surface area contributed by atoms with Gasteiger partial charge in [0.2, 0.25) is 0 Å². The number of nitrogens with zero attached hydrogens (tertiary/aromatic N) is 1. The second kappa shape index (κ2) is 6.00. The van der Waals surface area contributed by atoms with Gasteiger partial charge in [0.15, 0.2) is 5.03 Å². The first-order valence-corrected chi connectivity index (χ1v) is 7.59. The lowest BCUT2D eigenvalue weighted by molar-refractivity contribution is -0.00516. The fraction of sp³-hybridized carbons (Fsp3) is 0.727. The molecule has 0 spiro atoms. The summed E-state index contributed by atoms with van der Waals surface area (Å²) in [6, 6.07) is 0. The largest absolute Gasteiger partial charge is 0.375 e. The van der Waals surface area contributed by atoms with Crippen molar-refractivity contribution in [1.29, 1.82) is 0 Å². The molecule has 7 nitrogen and oxygen atoms in total. The molecular weight excluding hydrogens is 268 g/mol. The van der Waals surface area contributed by atoms with Crippen molar-refractivity contribution < 1.29 is 13.2 Å². The zero-order valence-electron chi connectivity index (χ0n) is 11.8.